The van der Waals surface area contributed by atoms with Crippen LogP contribution in [0.5, 0.6) is 0 Å². The molecule has 0 amide bonds. The lowest BCUT2D eigenvalue weighted by Crippen LogP contribution is -2.26. The summed E-state index contributed by atoms with van der Waals surface area (Å²) in [6, 6.07) is 12.1. The van der Waals surface area contributed by atoms with E-state index in [-0.39, 0.29) is 0 Å². The molecule has 0 aromatic heterocycles. The van der Waals surface area contributed by atoms with E-state index in [1.165, 1.54) is 50.5 Å². The minimum atomic E-state index is 0.390. The average molecular weight is 231 g/mol. The highest BCUT2D eigenvalue weighted by Gasteiger charge is 2.29. The zero-order valence-electron chi connectivity index (χ0n) is 11.8. The van der Waals surface area contributed by atoms with Crippen LogP contribution in [0.1, 0.15) is 71.3 Å². The van der Waals surface area contributed by atoms with Gasteiger partial charge in [-0.2, -0.15) is 0 Å². The molecule has 95 valence electrons. The van der Waals surface area contributed by atoms with Crippen LogP contribution in [0.25, 0.3) is 0 Å². The van der Waals surface area contributed by atoms with E-state index in [2.05, 4.69) is 51.1 Å². The first-order valence-electron chi connectivity index (χ1n) is 7.26. The maximum atomic E-state index is 3.49. The van der Waals surface area contributed by atoms with E-state index in [4.69, 9.17) is 0 Å². The topological polar surface area (TPSA) is 0 Å². The molecule has 0 saturated heterocycles. The Morgan fingerprint density at radius 1 is 0.941 bits per heavy atom. The molecule has 0 heterocycles. The summed E-state index contributed by atoms with van der Waals surface area (Å²) in [4.78, 5) is 0. The molecule has 0 heteroatoms. The van der Waals surface area contributed by atoms with Crippen molar-refractivity contribution >= 4 is 0 Å². The summed E-state index contributed by atoms with van der Waals surface area (Å²) < 4.78 is 0. The first-order valence-corrected chi connectivity index (χ1v) is 7.26. The normalized spacial score (nSPS) is 11.7. The third-order valence-electron chi connectivity index (χ3n) is 3.75. The molecule has 0 bridgehead atoms. The summed E-state index contributed by atoms with van der Waals surface area (Å²) >= 11 is 0. The maximum Gasteiger partial charge on any atom is -0.00410 e. The fourth-order valence-electron chi connectivity index (χ4n) is 2.97. The van der Waals surface area contributed by atoms with Crippen LogP contribution in [0.3, 0.4) is 0 Å². The molecule has 17 heavy (non-hydrogen) atoms. The number of hydrogen-bond acceptors (Lipinski definition) is 0. The van der Waals surface area contributed by atoms with E-state index in [1.807, 2.05) is 0 Å². The molecule has 1 aromatic rings. The van der Waals surface area contributed by atoms with Crippen LogP contribution in [0.15, 0.2) is 24.3 Å². The van der Waals surface area contributed by atoms with Gasteiger partial charge in [0.25, 0.3) is 0 Å². The number of unbranched alkanes of at least 4 members (excludes halogenated alkanes) is 1. The van der Waals surface area contributed by atoms with Gasteiger partial charge in [0.05, 0.1) is 0 Å². The monoisotopic (exact) mass is 231 g/mol. The van der Waals surface area contributed by atoms with E-state index in [1.54, 1.807) is 0 Å². The van der Waals surface area contributed by atoms with Crippen molar-refractivity contribution in [3.8, 4) is 0 Å². The van der Waals surface area contributed by atoms with Crippen LogP contribution in [-0.2, 0) is 5.41 Å². The lowest BCUT2D eigenvalue weighted by molar-refractivity contribution is 0.320. The highest BCUT2D eigenvalue weighted by molar-refractivity contribution is 5.24. The van der Waals surface area contributed by atoms with Crippen LogP contribution in [0, 0.1) is 6.07 Å². The molecule has 0 saturated carbocycles. The van der Waals surface area contributed by atoms with Gasteiger partial charge in [-0.15, -0.1) is 0 Å². The highest BCUT2D eigenvalue weighted by atomic mass is 14.3. The molecule has 0 aliphatic carbocycles. The summed E-state index contributed by atoms with van der Waals surface area (Å²) in [5.41, 5.74) is 1.83. The molecule has 0 aliphatic rings. The predicted molar refractivity (Wildman–Crippen MR) is 76.3 cm³/mol. The highest BCUT2D eigenvalue weighted by Crippen LogP contribution is 2.38. The molecule has 0 aliphatic heterocycles. The van der Waals surface area contributed by atoms with Gasteiger partial charge in [0, 0.05) is 0 Å². The lowest BCUT2D eigenvalue weighted by atomic mass is 9.70. The molecule has 1 rings (SSSR count). The second-order valence-electron chi connectivity index (χ2n) is 5.16. The number of rotatable bonds is 8. The molecule has 0 fully saturated rings. The van der Waals surface area contributed by atoms with E-state index >= 15 is 0 Å². The van der Waals surface area contributed by atoms with Crippen molar-refractivity contribution in [3.05, 3.63) is 35.9 Å². The minimum Gasteiger partial charge on any atom is -0.0654 e. The van der Waals surface area contributed by atoms with Gasteiger partial charge in [0.2, 0.25) is 0 Å². The van der Waals surface area contributed by atoms with Crippen molar-refractivity contribution in [2.75, 3.05) is 0 Å². The largest absolute Gasteiger partial charge is 0.0654 e. The van der Waals surface area contributed by atoms with Crippen LogP contribution < -0.4 is 0 Å². The Morgan fingerprint density at radius 2 is 1.65 bits per heavy atom. The molecular weight excluding hydrogens is 204 g/mol. The summed E-state index contributed by atoms with van der Waals surface area (Å²) in [6.07, 6.45) is 9.11. The second kappa shape index (κ2) is 7.53. The molecular formula is C17H27. The maximum absolute atomic E-state index is 3.49. The van der Waals surface area contributed by atoms with Crippen LogP contribution in [-0.4, -0.2) is 0 Å². The van der Waals surface area contributed by atoms with Crippen molar-refractivity contribution < 1.29 is 0 Å². The van der Waals surface area contributed by atoms with Gasteiger partial charge in [0.15, 0.2) is 0 Å². The Hall–Kier alpha value is -0.780. The Morgan fingerprint density at radius 3 is 2.12 bits per heavy atom. The van der Waals surface area contributed by atoms with Gasteiger partial charge in [-0.1, -0.05) is 70.7 Å². The Labute approximate surface area is 107 Å². The Balaban J connectivity index is 2.95. The molecule has 1 radical (unpaired) electrons. The zero-order valence-corrected chi connectivity index (χ0v) is 11.8. The first-order chi connectivity index (χ1) is 8.29. The van der Waals surface area contributed by atoms with Gasteiger partial charge >= 0.3 is 0 Å². The van der Waals surface area contributed by atoms with Crippen molar-refractivity contribution in [2.24, 2.45) is 0 Å². The van der Waals surface area contributed by atoms with Gasteiger partial charge in [-0.3, -0.25) is 0 Å². The van der Waals surface area contributed by atoms with Crippen molar-refractivity contribution in [1.82, 2.24) is 0 Å². The number of hydrogen-bond donors (Lipinski definition) is 0. The van der Waals surface area contributed by atoms with Crippen molar-refractivity contribution in [3.63, 3.8) is 0 Å². The zero-order chi connectivity index (χ0) is 12.6. The molecule has 0 N–H and O–H groups in total. The first kappa shape index (κ1) is 14.3. The molecule has 0 unspecified atom stereocenters. The summed E-state index contributed by atoms with van der Waals surface area (Å²) in [6.45, 7) is 6.90. The van der Waals surface area contributed by atoms with Crippen LogP contribution in [0.2, 0.25) is 0 Å². The summed E-state index contributed by atoms with van der Waals surface area (Å²) in [5, 5.41) is 0. The van der Waals surface area contributed by atoms with Gasteiger partial charge in [0.1, 0.15) is 0 Å². The Bertz CT molecular complexity index is 280. The summed E-state index contributed by atoms with van der Waals surface area (Å²) in [7, 11) is 0. The van der Waals surface area contributed by atoms with Gasteiger partial charge in [-0.05, 0) is 36.3 Å². The van der Waals surface area contributed by atoms with Crippen molar-refractivity contribution in [2.45, 2.75) is 71.1 Å². The molecule has 0 atom stereocenters. The van der Waals surface area contributed by atoms with E-state index < -0.39 is 0 Å². The van der Waals surface area contributed by atoms with E-state index in [0.29, 0.717) is 5.41 Å². The molecule has 0 spiro atoms. The Kier molecular flexibility index (Phi) is 6.32. The lowest BCUT2D eigenvalue weighted by Gasteiger charge is -2.34. The minimum absolute atomic E-state index is 0.390. The quantitative estimate of drug-likeness (QED) is 0.553. The third-order valence-corrected chi connectivity index (χ3v) is 3.75. The fraction of sp³-hybridized carbons (Fsp3) is 0.647. The fourth-order valence-corrected chi connectivity index (χ4v) is 2.97. The van der Waals surface area contributed by atoms with Gasteiger partial charge in [-0.25, -0.2) is 0 Å². The second-order valence-corrected chi connectivity index (χ2v) is 5.16. The average Bonchev–Trinajstić information content (AvgIpc) is 2.37. The van der Waals surface area contributed by atoms with E-state index in [9.17, 15) is 0 Å². The standard InChI is InChI=1S/C17H27/c1-4-7-15-17(13-5-2,14-6-3)16-11-9-8-10-12-16/h8-11H,4-7,13-15H2,1-3H3. The van der Waals surface area contributed by atoms with Gasteiger partial charge < -0.3 is 0 Å². The smallest absolute Gasteiger partial charge is 0.00410 e. The summed E-state index contributed by atoms with van der Waals surface area (Å²) in [5.74, 6) is 0. The number of benzene rings is 1. The third kappa shape index (κ3) is 3.87. The SMILES string of the molecule is CCCCC(CCC)(CCC)c1[c]cccc1. The predicted octanol–water partition coefficient (Wildman–Crippen LogP) is 5.51. The van der Waals surface area contributed by atoms with Crippen molar-refractivity contribution in [1.29, 1.82) is 0 Å². The van der Waals surface area contributed by atoms with E-state index in [0.717, 1.165) is 0 Å². The molecule has 1 aromatic carbocycles. The van der Waals surface area contributed by atoms with Crippen LogP contribution >= 0.6 is 0 Å². The molecule has 0 nitrogen and oxygen atoms in total. The van der Waals surface area contributed by atoms with Crippen LogP contribution in [0.4, 0.5) is 0 Å².